The largest absolute Gasteiger partial charge is 0.359 e. The summed E-state index contributed by atoms with van der Waals surface area (Å²) in [5, 5.41) is 6.89. The first-order valence-corrected chi connectivity index (χ1v) is 8.55. The number of thiophene rings is 1. The quantitative estimate of drug-likeness (QED) is 0.922. The summed E-state index contributed by atoms with van der Waals surface area (Å²) in [5.41, 5.74) is 0.844. The van der Waals surface area contributed by atoms with E-state index in [-0.39, 0.29) is 12.1 Å². The molecule has 0 aliphatic carbocycles. The number of carbonyl (C=O) groups is 1. The number of nitrogens with zero attached hydrogens (tertiary/aromatic N) is 2. The lowest BCUT2D eigenvalue weighted by atomic mass is 10.1. The molecule has 1 aliphatic rings. The highest BCUT2D eigenvalue weighted by atomic mass is 35.5. The molecule has 0 unspecified atom stereocenters. The van der Waals surface area contributed by atoms with Crippen molar-refractivity contribution in [2.75, 3.05) is 13.1 Å². The van der Waals surface area contributed by atoms with Gasteiger partial charge in [0.2, 0.25) is 0 Å². The van der Waals surface area contributed by atoms with Gasteiger partial charge in [-0.2, -0.15) is 0 Å². The second-order valence-corrected chi connectivity index (χ2v) is 7.21. The number of likely N-dealkylation sites (tertiary alicyclic amines) is 1. The minimum absolute atomic E-state index is 0.00242. The molecule has 22 heavy (non-hydrogen) atoms. The molecule has 2 aromatic rings. The van der Waals surface area contributed by atoms with E-state index < -0.39 is 0 Å². The summed E-state index contributed by atoms with van der Waals surface area (Å²) in [6.45, 7) is 3.24. The summed E-state index contributed by atoms with van der Waals surface area (Å²) in [7, 11) is 0. The van der Waals surface area contributed by atoms with E-state index in [0.29, 0.717) is 6.54 Å². The van der Waals surface area contributed by atoms with Crippen LogP contribution in [0.15, 0.2) is 22.7 Å². The molecule has 3 rings (SSSR count). The molecule has 2 amide bonds. The van der Waals surface area contributed by atoms with Gasteiger partial charge in [0.05, 0.1) is 16.1 Å². The van der Waals surface area contributed by atoms with E-state index in [1.165, 1.54) is 4.88 Å². The van der Waals surface area contributed by atoms with Crippen LogP contribution in [0.2, 0.25) is 4.34 Å². The molecule has 1 atom stereocenters. The Morgan fingerprint density at radius 2 is 2.45 bits per heavy atom. The molecule has 7 heteroatoms. The summed E-state index contributed by atoms with van der Waals surface area (Å²) in [6.07, 6.45) is 2.70. The third-order valence-electron chi connectivity index (χ3n) is 3.76. The van der Waals surface area contributed by atoms with Crippen LogP contribution in [0.4, 0.5) is 4.79 Å². The molecule has 1 aliphatic heterocycles. The van der Waals surface area contributed by atoms with Crippen LogP contribution >= 0.6 is 22.9 Å². The van der Waals surface area contributed by atoms with Gasteiger partial charge in [0, 0.05) is 24.0 Å². The molecular weight excluding hydrogens is 322 g/mol. The topological polar surface area (TPSA) is 58.4 Å². The highest BCUT2D eigenvalue weighted by Crippen LogP contribution is 2.32. The van der Waals surface area contributed by atoms with Gasteiger partial charge in [0.25, 0.3) is 0 Å². The predicted molar refractivity (Wildman–Crippen MR) is 86.4 cm³/mol. The molecule has 5 nitrogen and oxygen atoms in total. The third-order valence-corrected chi connectivity index (χ3v) is 5.06. The highest BCUT2D eigenvalue weighted by molar-refractivity contribution is 7.16. The van der Waals surface area contributed by atoms with Crippen molar-refractivity contribution in [3.8, 4) is 0 Å². The molecule has 0 aromatic carbocycles. The van der Waals surface area contributed by atoms with Gasteiger partial charge in [-0.05, 0) is 38.3 Å². The van der Waals surface area contributed by atoms with Crippen LogP contribution in [0.3, 0.4) is 0 Å². The lowest BCUT2D eigenvalue weighted by Gasteiger charge is -2.22. The minimum Gasteiger partial charge on any atom is -0.359 e. The van der Waals surface area contributed by atoms with Crippen LogP contribution < -0.4 is 5.32 Å². The van der Waals surface area contributed by atoms with Crippen molar-refractivity contribution in [2.24, 2.45) is 0 Å². The molecule has 1 N–H and O–H groups in total. The summed E-state index contributed by atoms with van der Waals surface area (Å²) in [4.78, 5) is 15.4. The number of amides is 2. The van der Waals surface area contributed by atoms with Gasteiger partial charge in [-0.3, -0.25) is 0 Å². The summed E-state index contributed by atoms with van der Waals surface area (Å²) < 4.78 is 6.10. The summed E-state index contributed by atoms with van der Waals surface area (Å²) in [5.74, 6) is 0.773. The number of hydrogen-bond donors (Lipinski definition) is 1. The number of aromatic nitrogens is 1. The molecule has 2 aromatic heterocycles. The van der Waals surface area contributed by atoms with Gasteiger partial charge < -0.3 is 14.7 Å². The van der Waals surface area contributed by atoms with Crippen molar-refractivity contribution in [1.82, 2.24) is 15.4 Å². The fourth-order valence-electron chi connectivity index (χ4n) is 2.73. The summed E-state index contributed by atoms with van der Waals surface area (Å²) >= 11 is 7.45. The van der Waals surface area contributed by atoms with E-state index in [2.05, 4.69) is 10.5 Å². The molecule has 1 saturated heterocycles. The second-order valence-electron chi connectivity index (χ2n) is 5.41. The average Bonchev–Trinajstić information content (AvgIpc) is 3.19. The molecule has 0 saturated carbocycles. The van der Waals surface area contributed by atoms with Crippen LogP contribution in [0, 0.1) is 6.92 Å². The number of nitrogens with one attached hydrogen (secondary N) is 1. The number of hydrogen-bond acceptors (Lipinski definition) is 4. The van der Waals surface area contributed by atoms with Crippen LogP contribution in [-0.4, -0.2) is 29.2 Å². The van der Waals surface area contributed by atoms with Crippen molar-refractivity contribution in [1.29, 1.82) is 0 Å². The minimum atomic E-state index is -0.0424. The molecule has 1 fully saturated rings. The summed E-state index contributed by atoms with van der Waals surface area (Å²) in [6, 6.07) is 5.74. The van der Waals surface area contributed by atoms with Gasteiger partial charge in [-0.1, -0.05) is 16.8 Å². The van der Waals surface area contributed by atoms with E-state index >= 15 is 0 Å². The average molecular weight is 340 g/mol. The maximum absolute atomic E-state index is 12.4. The number of aryl methyl sites for hydroxylation is 1. The van der Waals surface area contributed by atoms with Gasteiger partial charge in [-0.15, -0.1) is 11.3 Å². The van der Waals surface area contributed by atoms with Crippen molar-refractivity contribution in [2.45, 2.75) is 32.2 Å². The van der Waals surface area contributed by atoms with E-state index in [9.17, 15) is 4.79 Å². The van der Waals surface area contributed by atoms with Crippen molar-refractivity contribution >= 4 is 29.0 Å². The Bertz CT molecular complexity index is 655. The van der Waals surface area contributed by atoms with Gasteiger partial charge >= 0.3 is 6.03 Å². The fourth-order valence-corrected chi connectivity index (χ4v) is 3.81. The highest BCUT2D eigenvalue weighted by Gasteiger charge is 2.32. The fraction of sp³-hybridized carbons (Fsp3) is 0.467. The smallest absolute Gasteiger partial charge is 0.318 e. The standard InChI is InChI=1S/C15H18ClN3O2S/c1-10-9-13(21-18-10)12-3-2-8-19(12)15(20)17-7-6-11-4-5-14(16)22-11/h4-5,9,12H,2-3,6-8H2,1H3,(H,17,20)/t12-/m0/s1. The maximum atomic E-state index is 12.4. The predicted octanol–water partition coefficient (Wildman–Crippen LogP) is 3.79. The van der Waals surface area contributed by atoms with E-state index in [1.54, 1.807) is 11.3 Å². The lowest BCUT2D eigenvalue weighted by Crippen LogP contribution is -2.40. The first-order valence-electron chi connectivity index (χ1n) is 7.35. The Morgan fingerprint density at radius 1 is 1.59 bits per heavy atom. The van der Waals surface area contributed by atoms with Gasteiger partial charge in [-0.25, -0.2) is 4.79 Å². The molecular formula is C15H18ClN3O2S. The maximum Gasteiger partial charge on any atom is 0.318 e. The third kappa shape index (κ3) is 3.44. The van der Waals surface area contributed by atoms with Crippen LogP contribution in [-0.2, 0) is 6.42 Å². The number of urea groups is 1. The Kier molecular flexibility index (Phi) is 4.69. The first kappa shape index (κ1) is 15.4. The van der Waals surface area contributed by atoms with Gasteiger partial charge in [0.15, 0.2) is 5.76 Å². The number of rotatable bonds is 4. The van der Waals surface area contributed by atoms with E-state index in [0.717, 1.165) is 41.6 Å². The zero-order valence-corrected chi connectivity index (χ0v) is 13.9. The normalized spacial score (nSPS) is 17.9. The van der Waals surface area contributed by atoms with Crippen LogP contribution in [0.5, 0.6) is 0 Å². The molecule has 118 valence electrons. The molecule has 0 radical (unpaired) electrons. The zero-order valence-electron chi connectivity index (χ0n) is 12.3. The van der Waals surface area contributed by atoms with Crippen molar-refractivity contribution in [3.05, 3.63) is 38.9 Å². The monoisotopic (exact) mass is 339 g/mol. The molecule has 0 bridgehead atoms. The van der Waals surface area contributed by atoms with E-state index in [4.69, 9.17) is 16.1 Å². The van der Waals surface area contributed by atoms with Crippen molar-refractivity contribution in [3.63, 3.8) is 0 Å². The molecule has 0 spiro atoms. The van der Waals surface area contributed by atoms with Gasteiger partial charge in [0.1, 0.15) is 0 Å². The number of carbonyl (C=O) groups excluding carboxylic acids is 1. The molecule has 3 heterocycles. The first-order chi connectivity index (χ1) is 10.6. The van der Waals surface area contributed by atoms with E-state index in [1.807, 2.05) is 30.0 Å². The Balaban J connectivity index is 1.54. The number of halogens is 1. The van der Waals surface area contributed by atoms with Crippen LogP contribution in [0.25, 0.3) is 0 Å². The second kappa shape index (κ2) is 6.71. The Hall–Kier alpha value is -1.53. The van der Waals surface area contributed by atoms with Crippen LogP contribution in [0.1, 0.15) is 35.2 Å². The Labute approximate surface area is 138 Å². The SMILES string of the molecule is Cc1cc([C@@H]2CCCN2C(=O)NCCc2ccc(Cl)s2)on1. The Morgan fingerprint density at radius 3 is 3.14 bits per heavy atom. The zero-order chi connectivity index (χ0) is 15.5. The lowest BCUT2D eigenvalue weighted by molar-refractivity contribution is 0.182. The van der Waals surface area contributed by atoms with Crippen molar-refractivity contribution < 1.29 is 9.32 Å².